The van der Waals surface area contributed by atoms with E-state index in [9.17, 15) is 14.7 Å². The standard InChI is InChI=1S/C28H29N3O5/c1-3-18-36-23-10-6-20(7-11-23)25-24(26(32)21-8-12-22(13-9-21)35-4-2)27(33)28(34)31(25)16-5-15-30-17-14-29-19-30/h3,6-14,17,19,25H,1,4-5,15-16,18H2,2H3,(H,32,33). The topological polar surface area (TPSA) is 98.6 Å². The molecule has 2 aromatic carbocycles. The number of likely N-dealkylation sites (tertiary alicyclic amines) is 1. The van der Waals surface area contributed by atoms with E-state index in [-0.39, 0.29) is 5.57 Å². The number of Topliss-reactive ketones (excluding diaryl/α,β-unsaturated/α-hetero) is 1. The summed E-state index contributed by atoms with van der Waals surface area (Å²) >= 11 is 0. The third kappa shape index (κ3) is 5.33. The van der Waals surface area contributed by atoms with Crippen molar-refractivity contribution in [2.24, 2.45) is 0 Å². The van der Waals surface area contributed by atoms with Gasteiger partial charge in [0.1, 0.15) is 30.5 Å². The van der Waals surface area contributed by atoms with Crippen LogP contribution in [-0.4, -0.2) is 41.3 Å². The van der Waals surface area contributed by atoms with Crippen LogP contribution in [-0.2, 0) is 16.1 Å². The largest absolute Gasteiger partial charge is 0.872 e. The monoisotopic (exact) mass is 487 g/mol. The first kappa shape index (κ1) is 24.8. The highest BCUT2D eigenvalue weighted by Gasteiger charge is 2.43. The molecule has 1 aliphatic heterocycles. The predicted molar refractivity (Wildman–Crippen MR) is 132 cm³/mol. The number of carbonyl (C=O) groups excluding carboxylic acids is 2. The van der Waals surface area contributed by atoms with Gasteiger partial charge in [-0.3, -0.25) is 14.6 Å². The number of aromatic nitrogens is 2. The number of ketones is 1. The lowest BCUT2D eigenvalue weighted by Gasteiger charge is -2.27. The van der Waals surface area contributed by atoms with E-state index in [2.05, 4.69) is 11.6 Å². The SMILES string of the molecule is C=CCOc1ccc(C2C(=C([O-])c3ccc(OCC)cc3)C(=O)C(=O)N2CCC[n+]2cc[nH]c2)cc1. The lowest BCUT2D eigenvalue weighted by molar-refractivity contribution is -0.695. The number of hydrogen-bond donors (Lipinski definition) is 1. The fourth-order valence-electron chi connectivity index (χ4n) is 4.26. The Morgan fingerprint density at radius 1 is 1.11 bits per heavy atom. The molecule has 0 spiro atoms. The molecular weight excluding hydrogens is 458 g/mol. The Hall–Kier alpha value is -4.33. The summed E-state index contributed by atoms with van der Waals surface area (Å²) in [4.78, 5) is 30.8. The Bertz CT molecular complexity index is 1230. The molecule has 3 aromatic rings. The van der Waals surface area contributed by atoms with Crippen molar-refractivity contribution in [2.45, 2.75) is 25.9 Å². The number of aryl methyl sites for hydroxylation is 1. The molecule has 0 radical (unpaired) electrons. The van der Waals surface area contributed by atoms with Gasteiger partial charge in [-0.15, -0.1) is 0 Å². The van der Waals surface area contributed by atoms with E-state index in [0.29, 0.717) is 55.4 Å². The highest BCUT2D eigenvalue weighted by atomic mass is 16.5. The van der Waals surface area contributed by atoms with Gasteiger partial charge in [0.25, 0.3) is 5.91 Å². The second-order valence-corrected chi connectivity index (χ2v) is 8.30. The molecule has 1 aromatic heterocycles. The lowest BCUT2D eigenvalue weighted by Crippen LogP contribution is -2.36. The van der Waals surface area contributed by atoms with Crippen molar-refractivity contribution < 1.29 is 28.7 Å². The molecule has 1 aliphatic rings. The second kappa shape index (κ2) is 11.4. The molecule has 186 valence electrons. The number of nitrogens with one attached hydrogen (secondary N) is 1. The Balaban J connectivity index is 1.69. The van der Waals surface area contributed by atoms with Crippen molar-refractivity contribution in [2.75, 3.05) is 19.8 Å². The first-order valence-corrected chi connectivity index (χ1v) is 11.9. The van der Waals surface area contributed by atoms with Gasteiger partial charge >= 0.3 is 0 Å². The predicted octanol–water partition coefficient (Wildman–Crippen LogP) is 2.58. The zero-order chi connectivity index (χ0) is 25.5. The van der Waals surface area contributed by atoms with Crippen molar-refractivity contribution in [3.05, 3.63) is 96.6 Å². The molecule has 36 heavy (non-hydrogen) atoms. The van der Waals surface area contributed by atoms with E-state index in [1.165, 1.54) is 4.90 Å². The molecule has 1 N–H and O–H groups in total. The van der Waals surface area contributed by atoms with E-state index in [0.717, 1.165) is 0 Å². The van der Waals surface area contributed by atoms with Gasteiger partial charge in [0.15, 0.2) is 0 Å². The van der Waals surface area contributed by atoms with Crippen molar-refractivity contribution in [3.8, 4) is 11.5 Å². The fraction of sp³-hybridized carbons (Fsp3) is 0.250. The Morgan fingerprint density at radius 2 is 1.81 bits per heavy atom. The van der Waals surface area contributed by atoms with Crippen LogP contribution in [0.25, 0.3) is 5.76 Å². The third-order valence-corrected chi connectivity index (χ3v) is 5.94. The lowest BCUT2D eigenvalue weighted by atomic mass is 9.95. The number of hydrogen-bond acceptors (Lipinski definition) is 5. The smallest absolute Gasteiger partial charge is 0.295 e. The number of ether oxygens (including phenoxy) is 2. The average molecular weight is 488 g/mol. The first-order chi connectivity index (χ1) is 17.5. The Morgan fingerprint density at radius 3 is 2.44 bits per heavy atom. The van der Waals surface area contributed by atoms with Gasteiger partial charge in [0.2, 0.25) is 12.1 Å². The Labute approximate surface area is 210 Å². The molecule has 1 atom stereocenters. The zero-order valence-electron chi connectivity index (χ0n) is 20.2. The summed E-state index contributed by atoms with van der Waals surface area (Å²) in [5.41, 5.74) is 0.956. The van der Waals surface area contributed by atoms with E-state index in [1.54, 1.807) is 54.6 Å². The van der Waals surface area contributed by atoms with Crippen LogP contribution in [0.1, 0.15) is 30.5 Å². The number of amides is 1. The third-order valence-electron chi connectivity index (χ3n) is 5.94. The average Bonchev–Trinajstić information content (AvgIpc) is 3.50. The molecule has 8 nitrogen and oxygen atoms in total. The van der Waals surface area contributed by atoms with E-state index in [1.807, 2.05) is 30.2 Å². The summed E-state index contributed by atoms with van der Waals surface area (Å²) in [6.45, 7) is 7.36. The normalized spacial score (nSPS) is 16.8. The number of imidazole rings is 1. The van der Waals surface area contributed by atoms with Gasteiger partial charge in [-0.05, 0) is 42.3 Å². The number of rotatable bonds is 11. The van der Waals surface area contributed by atoms with Gasteiger partial charge in [0, 0.05) is 18.5 Å². The quantitative estimate of drug-likeness (QED) is 0.147. The minimum absolute atomic E-state index is 0.0433. The van der Waals surface area contributed by atoms with Gasteiger partial charge in [-0.2, -0.15) is 0 Å². The summed E-state index contributed by atoms with van der Waals surface area (Å²) in [6, 6.07) is 12.9. The van der Waals surface area contributed by atoms with Crippen LogP contribution in [0.5, 0.6) is 11.5 Å². The van der Waals surface area contributed by atoms with Crippen LogP contribution in [0.3, 0.4) is 0 Å². The summed E-state index contributed by atoms with van der Waals surface area (Å²) < 4.78 is 13.0. The van der Waals surface area contributed by atoms with Crippen LogP contribution in [0, 0.1) is 0 Å². The number of aromatic amines is 1. The maximum atomic E-state index is 13.5. The number of benzene rings is 2. The molecule has 1 saturated heterocycles. The zero-order valence-corrected chi connectivity index (χ0v) is 20.2. The second-order valence-electron chi connectivity index (χ2n) is 8.30. The molecule has 8 heteroatoms. The van der Waals surface area contributed by atoms with Crippen LogP contribution >= 0.6 is 0 Å². The first-order valence-electron chi connectivity index (χ1n) is 11.9. The van der Waals surface area contributed by atoms with Crippen LogP contribution in [0.15, 0.2) is 85.5 Å². The highest BCUT2D eigenvalue weighted by molar-refractivity contribution is 6.46. The van der Waals surface area contributed by atoms with Crippen LogP contribution < -0.4 is 19.1 Å². The molecule has 2 heterocycles. The van der Waals surface area contributed by atoms with Gasteiger partial charge in [-0.1, -0.05) is 42.7 Å². The molecule has 0 aliphatic carbocycles. The molecule has 1 fully saturated rings. The molecule has 0 saturated carbocycles. The fourth-order valence-corrected chi connectivity index (χ4v) is 4.26. The molecule has 0 bridgehead atoms. The van der Waals surface area contributed by atoms with Crippen molar-refractivity contribution in [3.63, 3.8) is 0 Å². The van der Waals surface area contributed by atoms with Crippen molar-refractivity contribution in [1.29, 1.82) is 0 Å². The summed E-state index contributed by atoms with van der Waals surface area (Å²) in [5.74, 6) is -0.635. The Kier molecular flexibility index (Phi) is 7.85. The molecule has 1 amide bonds. The van der Waals surface area contributed by atoms with E-state index in [4.69, 9.17) is 9.47 Å². The summed E-state index contributed by atoms with van der Waals surface area (Å²) in [5, 5.41) is 13.5. The number of carbonyl (C=O) groups is 2. The van der Waals surface area contributed by atoms with E-state index < -0.39 is 23.5 Å². The molecular formula is C28H29N3O5. The summed E-state index contributed by atoms with van der Waals surface area (Å²) in [6.07, 6.45) is 7.79. The van der Waals surface area contributed by atoms with Crippen LogP contribution in [0.4, 0.5) is 0 Å². The highest BCUT2D eigenvalue weighted by Crippen LogP contribution is 2.39. The van der Waals surface area contributed by atoms with Gasteiger partial charge in [-0.25, -0.2) is 4.57 Å². The van der Waals surface area contributed by atoms with Crippen LogP contribution in [0.2, 0.25) is 0 Å². The maximum Gasteiger partial charge on any atom is 0.295 e. The minimum Gasteiger partial charge on any atom is -0.872 e. The van der Waals surface area contributed by atoms with Gasteiger partial charge in [0.05, 0.1) is 19.2 Å². The minimum atomic E-state index is -0.784. The number of nitrogens with zero attached hydrogens (tertiary/aromatic N) is 2. The van der Waals surface area contributed by atoms with Gasteiger partial charge < -0.3 is 19.5 Å². The van der Waals surface area contributed by atoms with Crippen molar-refractivity contribution >= 4 is 17.4 Å². The maximum absolute atomic E-state index is 13.5. The number of H-pyrrole nitrogens is 1. The van der Waals surface area contributed by atoms with Crippen molar-refractivity contribution in [1.82, 2.24) is 9.88 Å². The molecule has 4 rings (SSSR count). The molecule has 1 unspecified atom stereocenters. The summed E-state index contributed by atoms with van der Waals surface area (Å²) in [7, 11) is 0. The van der Waals surface area contributed by atoms with E-state index >= 15 is 0 Å².